The van der Waals surface area contributed by atoms with Crippen molar-refractivity contribution in [1.82, 2.24) is 0 Å². The van der Waals surface area contributed by atoms with E-state index in [4.69, 9.17) is 142 Å². The van der Waals surface area contributed by atoms with Gasteiger partial charge in [-0.1, -0.05) is 101 Å². The summed E-state index contributed by atoms with van der Waals surface area (Å²) < 4.78 is 66.6. The maximum absolute atomic E-state index is 9.77. The number of benzene rings is 12. The summed E-state index contributed by atoms with van der Waals surface area (Å²) in [5.41, 5.74) is 22.6. The van der Waals surface area contributed by atoms with Crippen LogP contribution in [0, 0.1) is 151 Å². The molecule has 0 aliphatic carbocycles. The quantitative estimate of drug-likeness (QED) is 0.0619. The smallest absolute Gasteiger partial charge is 0.457 e. The van der Waals surface area contributed by atoms with Crippen molar-refractivity contribution < 1.29 is 86.5 Å². The average Bonchev–Trinajstić information content (AvgIpc) is 1.69. The van der Waals surface area contributed by atoms with E-state index < -0.39 is 42.7 Å². The number of rotatable bonds is 12. The third kappa shape index (κ3) is 22.6. The molecule has 0 fully saturated rings. The minimum absolute atomic E-state index is 0. The summed E-state index contributed by atoms with van der Waals surface area (Å²) >= 11 is 36.3. The van der Waals surface area contributed by atoms with E-state index in [0.29, 0.717) is 172 Å². The molecule has 133 heavy (non-hydrogen) atoms. The number of fused-ring (bicyclic) bond motifs is 6. The lowest BCUT2D eigenvalue weighted by Crippen LogP contribution is -2.30. The van der Waals surface area contributed by atoms with Crippen molar-refractivity contribution >= 4 is 145 Å². The Hall–Kier alpha value is -12.0. The van der Waals surface area contributed by atoms with Gasteiger partial charge in [-0.2, -0.15) is 31.6 Å². The summed E-state index contributed by atoms with van der Waals surface area (Å²) in [4.78, 5) is 0. The summed E-state index contributed by atoms with van der Waals surface area (Å²) in [6.45, 7) is 24.6. The standard InChI is InChI=1S/6C16H13BClNO3.CH4/c1-9-4-15(11(7-19)6-14(9)18)22-13-3-10(2)16-12(5-13)8-21-17(16)20;1-9-4-16(11(7-19)5-14(9)18)22-15-6-12-8-21-17(20)13(12)3-10(15)2;1-9-4-14-12(8-21-17(14)20)6-15(9)22-13-3-10(2)16(18)11(5-13)7-19;1-9-3-13(6-12-8-21-17(20)15(9)12)22-14-4-10(2)16(18)11(5-14)7-19;1-9-5-16(11(7-19)6-14(9)18)22-15-4-3-13-12(10(15)2)8-21-17(13)20;1-9-5-12(6-11(7-19)16(9)18)22-15-4-3-14-13(10(15)2)8-21-17(14)20;/h6*3-6,20H,8H2,1-2H3;1H4. The third-order valence-electron chi connectivity index (χ3n) is 22.4. The van der Waals surface area contributed by atoms with Gasteiger partial charge in [0.2, 0.25) is 0 Å². The van der Waals surface area contributed by atoms with Crippen molar-refractivity contribution in [1.29, 1.82) is 31.6 Å². The molecule has 668 valence electrons. The maximum atomic E-state index is 9.77. The van der Waals surface area contributed by atoms with Gasteiger partial charge in [0, 0.05) is 33.3 Å². The molecule has 0 aromatic heterocycles. The van der Waals surface area contributed by atoms with Crippen LogP contribution < -0.4 is 61.2 Å². The first-order valence-electron chi connectivity index (χ1n) is 40.8. The van der Waals surface area contributed by atoms with Crippen LogP contribution in [0.5, 0.6) is 69.0 Å². The predicted octanol–water partition coefficient (Wildman–Crippen LogP) is 17.7. The van der Waals surface area contributed by atoms with Crippen LogP contribution in [-0.4, -0.2) is 72.9 Å². The normalized spacial score (nSPS) is 12.9. The van der Waals surface area contributed by atoms with E-state index in [2.05, 4.69) is 36.4 Å². The molecule has 0 atom stereocenters. The highest BCUT2D eigenvalue weighted by atomic mass is 35.5. The van der Waals surface area contributed by atoms with Crippen LogP contribution in [0.15, 0.2) is 146 Å². The van der Waals surface area contributed by atoms with Gasteiger partial charge in [-0.3, -0.25) is 0 Å². The molecule has 12 aromatic carbocycles. The highest BCUT2D eigenvalue weighted by molar-refractivity contribution is 6.64. The summed E-state index contributed by atoms with van der Waals surface area (Å²) in [5.74, 6) is 6.90. The van der Waals surface area contributed by atoms with Crippen molar-refractivity contribution in [3.63, 3.8) is 0 Å². The van der Waals surface area contributed by atoms with Crippen LogP contribution in [0.2, 0.25) is 30.1 Å². The van der Waals surface area contributed by atoms with Gasteiger partial charge in [0.15, 0.2) is 0 Å². The minimum Gasteiger partial charge on any atom is -0.457 e. The van der Waals surface area contributed by atoms with Gasteiger partial charge in [0.25, 0.3) is 0 Å². The van der Waals surface area contributed by atoms with E-state index in [0.717, 1.165) is 133 Å². The number of halogens is 6. The fraction of sp³-hybridized carbons (Fsp3) is 0.196. The number of hydrogen-bond acceptors (Lipinski definition) is 24. The first-order valence-corrected chi connectivity index (χ1v) is 43.1. The molecule has 0 radical (unpaired) electrons. The first kappa shape index (κ1) is 100. The molecule has 24 nitrogen and oxygen atoms in total. The second-order valence-corrected chi connectivity index (χ2v) is 34.0. The second kappa shape index (κ2) is 43.4. The van der Waals surface area contributed by atoms with E-state index in [9.17, 15) is 45.9 Å². The Balaban J connectivity index is 0.000000144. The summed E-state index contributed by atoms with van der Waals surface area (Å²) in [5, 5.41) is 116. The lowest BCUT2D eigenvalue weighted by molar-refractivity contribution is 0.274. The number of nitriles is 6. The Morgan fingerprint density at radius 2 is 0.534 bits per heavy atom. The van der Waals surface area contributed by atoms with Gasteiger partial charge >= 0.3 is 42.7 Å². The zero-order valence-corrected chi connectivity index (χ0v) is 77.6. The van der Waals surface area contributed by atoms with Crippen molar-refractivity contribution in [2.75, 3.05) is 0 Å². The van der Waals surface area contributed by atoms with Crippen molar-refractivity contribution in [2.24, 2.45) is 0 Å². The lowest BCUT2D eigenvalue weighted by atomic mass is 9.76. The topological polar surface area (TPSA) is 375 Å². The summed E-state index contributed by atoms with van der Waals surface area (Å²) in [6, 6.07) is 54.6. The second-order valence-electron chi connectivity index (χ2n) is 31.6. The molecule has 18 rings (SSSR count). The zero-order valence-electron chi connectivity index (χ0n) is 73.1. The Labute approximate surface area is 802 Å². The maximum Gasteiger partial charge on any atom is 0.492 e. The van der Waals surface area contributed by atoms with Crippen molar-refractivity contribution in [3.8, 4) is 105 Å². The molecule has 6 N–H and O–H groups in total. The molecular weight excluding hydrogens is 1810 g/mol. The largest absolute Gasteiger partial charge is 0.492 e. The Kier molecular flexibility index (Phi) is 32.6. The molecule has 0 amide bonds. The van der Waals surface area contributed by atoms with Gasteiger partial charge in [-0.25, -0.2) is 0 Å². The molecular formula is C97H82B6Cl6N6O18. The van der Waals surface area contributed by atoms with Gasteiger partial charge in [0.05, 0.1) is 88.1 Å². The highest BCUT2D eigenvalue weighted by Gasteiger charge is 2.36. The molecule has 0 spiro atoms. The van der Waals surface area contributed by atoms with Crippen molar-refractivity contribution in [3.05, 3.63) is 309 Å². The Morgan fingerprint density at radius 3 is 0.910 bits per heavy atom. The van der Waals surface area contributed by atoms with Crippen LogP contribution in [0.25, 0.3) is 0 Å². The number of nitrogens with zero attached hydrogens (tertiary/aromatic N) is 6. The molecule has 36 heteroatoms. The van der Waals surface area contributed by atoms with E-state index >= 15 is 0 Å². The summed E-state index contributed by atoms with van der Waals surface area (Å²) in [7, 11) is -5.25. The molecule has 6 aliphatic heterocycles. The van der Waals surface area contributed by atoms with Gasteiger partial charge in [-0.15, -0.1) is 0 Å². The van der Waals surface area contributed by atoms with Gasteiger partial charge < -0.3 is 86.5 Å². The average molecular weight is 1900 g/mol. The third-order valence-corrected chi connectivity index (χ3v) is 25.1. The van der Waals surface area contributed by atoms with E-state index in [1.807, 2.05) is 132 Å². The monoisotopic (exact) mass is 1890 g/mol. The minimum atomic E-state index is -0.879. The lowest BCUT2D eigenvalue weighted by Gasteiger charge is -2.13. The van der Waals surface area contributed by atoms with Crippen LogP contribution in [0.3, 0.4) is 0 Å². The molecule has 0 saturated heterocycles. The Morgan fingerprint density at radius 1 is 0.256 bits per heavy atom. The molecule has 6 aliphatic rings. The van der Waals surface area contributed by atoms with Crippen molar-refractivity contribution in [2.45, 2.75) is 130 Å². The molecule has 6 heterocycles. The molecule has 12 aromatic rings. The van der Waals surface area contributed by atoms with E-state index in [-0.39, 0.29) is 7.43 Å². The first-order chi connectivity index (χ1) is 63.0. The van der Waals surface area contributed by atoms with Crippen LogP contribution in [0.4, 0.5) is 0 Å². The van der Waals surface area contributed by atoms with Crippen LogP contribution in [0.1, 0.15) is 141 Å². The molecule has 0 saturated carbocycles. The predicted molar refractivity (Wildman–Crippen MR) is 514 cm³/mol. The van der Waals surface area contributed by atoms with E-state index in [1.165, 1.54) is 0 Å². The van der Waals surface area contributed by atoms with Gasteiger partial charge in [0.1, 0.15) is 105 Å². The number of hydrogen-bond donors (Lipinski definition) is 6. The fourth-order valence-electron chi connectivity index (χ4n) is 15.1. The molecule has 0 unspecified atom stereocenters. The van der Waals surface area contributed by atoms with Crippen LogP contribution >= 0.6 is 69.6 Å². The number of aryl methyl sites for hydroxylation is 10. The SMILES string of the molecule is C.Cc1cc(Oc2cc(C)c3c(c2)COB3O)c(C#N)cc1Cl.Cc1cc(Oc2cc(C)c3c(c2)COB3O)cc(C#N)c1Cl.Cc1cc(Oc2cc3c(cc2C)B(O)OC3)c(C#N)cc1Cl.Cc1cc(Oc2ccc3c(c2C)COB3O)c(C#N)cc1Cl.Cc1cc(Oc2ccc3c(c2C)COB3O)cc(C#N)c1Cl.Cc1cc2c(cc1Oc1cc(C)c(Cl)c(C#N)c1)COB2O. The van der Waals surface area contributed by atoms with E-state index in [1.54, 1.807) is 97.1 Å². The Bertz CT molecular complexity index is 6760. The van der Waals surface area contributed by atoms with Gasteiger partial charge in [-0.05, 0) is 319 Å². The van der Waals surface area contributed by atoms with Crippen LogP contribution in [-0.2, 0) is 67.6 Å². The number of ether oxygens (including phenoxy) is 6. The summed E-state index contributed by atoms with van der Waals surface area (Å²) in [6.07, 6.45) is 0. The fourth-order valence-corrected chi connectivity index (χ4v) is 16.1. The molecule has 0 bridgehead atoms. The zero-order chi connectivity index (χ0) is 95.1. The highest BCUT2D eigenvalue weighted by Crippen LogP contribution is 2.41.